The normalized spacial score (nSPS) is 28.7. The van der Waals surface area contributed by atoms with E-state index in [0.717, 1.165) is 37.0 Å². The molecule has 0 amide bonds. The van der Waals surface area contributed by atoms with Crippen LogP contribution < -0.4 is 10.1 Å². The lowest BCUT2D eigenvalue weighted by molar-refractivity contribution is 0.254. The van der Waals surface area contributed by atoms with Crippen molar-refractivity contribution in [1.82, 2.24) is 5.32 Å². The average molecular weight is 309 g/mol. The van der Waals surface area contributed by atoms with Gasteiger partial charge in [-0.1, -0.05) is 18.6 Å². The van der Waals surface area contributed by atoms with Crippen molar-refractivity contribution in [2.75, 3.05) is 12.8 Å². The fourth-order valence-corrected chi connectivity index (χ4v) is 5.70. The minimum Gasteiger partial charge on any atom is -0.490 e. The molecule has 116 valence electrons. The Morgan fingerprint density at radius 1 is 1.33 bits per heavy atom. The van der Waals surface area contributed by atoms with Crippen LogP contribution in [0.3, 0.4) is 0 Å². The molecule has 0 bridgehead atoms. The predicted octanol–water partition coefficient (Wildman–Crippen LogP) is 2.24. The molecule has 1 N–H and O–H groups in total. The summed E-state index contributed by atoms with van der Waals surface area (Å²) in [6, 6.07) is 5.97. The molecule has 21 heavy (non-hydrogen) atoms. The van der Waals surface area contributed by atoms with Crippen LogP contribution in [0.1, 0.15) is 43.4 Å². The standard InChI is InChI=1S/C16H23NO3S/c1-11-9-13-10-12(6-7-14(13)20-11)16(17-2)15-5-3-4-8-21(15,18)19/h6-7,10-11,15-17H,3-5,8-9H2,1-2H3. The maximum atomic E-state index is 12.4. The van der Waals surface area contributed by atoms with E-state index in [1.54, 1.807) is 0 Å². The highest BCUT2D eigenvalue weighted by Crippen LogP contribution is 2.35. The summed E-state index contributed by atoms with van der Waals surface area (Å²) >= 11 is 0. The first-order valence-corrected chi connectivity index (χ1v) is 9.41. The highest BCUT2D eigenvalue weighted by atomic mass is 32.2. The van der Waals surface area contributed by atoms with Gasteiger partial charge in [0.2, 0.25) is 0 Å². The van der Waals surface area contributed by atoms with Gasteiger partial charge in [0.15, 0.2) is 9.84 Å². The summed E-state index contributed by atoms with van der Waals surface area (Å²) in [4.78, 5) is 0. The summed E-state index contributed by atoms with van der Waals surface area (Å²) in [6.07, 6.45) is 3.65. The molecule has 1 aromatic rings. The van der Waals surface area contributed by atoms with Gasteiger partial charge in [-0.05, 0) is 44.0 Å². The Morgan fingerprint density at radius 2 is 2.14 bits per heavy atom. The zero-order chi connectivity index (χ0) is 15.0. The van der Waals surface area contributed by atoms with E-state index in [2.05, 4.69) is 18.3 Å². The van der Waals surface area contributed by atoms with E-state index < -0.39 is 9.84 Å². The molecule has 4 nitrogen and oxygen atoms in total. The van der Waals surface area contributed by atoms with Crippen molar-refractivity contribution in [3.05, 3.63) is 29.3 Å². The Labute approximate surface area is 126 Å². The van der Waals surface area contributed by atoms with Gasteiger partial charge in [-0.25, -0.2) is 8.42 Å². The van der Waals surface area contributed by atoms with Crippen LogP contribution in [0.15, 0.2) is 18.2 Å². The molecule has 2 aliphatic heterocycles. The Kier molecular flexibility index (Phi) is 3.97. The highest BCUT2D eigenvalue weighted by molar-refractivity contribution is 7.92. The third-order valence-corrected chi connectivity index (χ3v) is 6.88. The molecule has 3 atom stereocenters. The summed E-state index contributed by atoms with van der Waals surface area (Å²) in [6.45, 7) is 2.06. The number of nitrogens with one attached hydrogen (secondary N) is 1. The minimum atomic E-state index is -3.00. The van der Waals surface area contributed by atoms with E-state index in [4.69, 9.17) is 4.74 Å². The van der Waals surface area contributed by atoms with Gasteiger partial charge in [0.25, 0.3) is 0 Å². The molecule has 0 aromatic heterocycles. The number of rotatable bonds is 3. The lowest BCUT2D eigenvalue weighted by Gasteiger charge is -2.30. The largest absolute Gasteiger partial charge is 0.490 e. The van der Waals surface area contributed by atoms with Gasteiger partial charge in [0.1, 0.15) is 11.9 Å². The molecule has 3 unspecified atom stereocenters. The van der Waals surface area contributed by atoms with E-state index in [1.807, 2.05) is 19.2 Å². The van der Waals surface area contributed by atoms with Crippen LogP contribution in [0.4, 0.5) is 0 Å². The number of fused-ring (bicyclic) bond motifs is 1. The minimum absolute atomic E-state index is 0.128. The third kappa shape index (κ3) is 2.81. The van der Waals surface area contributed by atoms with Crippen molar-refractivity contribution in [2.45, 2.75) is 50.0 Å². The quantitative estimate of drug-likeness (QED) is 0.930. The first-order valence-electron chi connectivity index (χ1n) is 7.69. The molecule has 1 aromatic carbocycles. The van der Waals surface area contributed by atoms with E-state index in [1.165, 1.54) is 5.56 Å². The first-order chi connectivity index (χ1) is 10.0. The molecular weight excluding hydrogens is 286 g/mol. The second kappa shape index (κ2) is 5.61. The maximum Gasteiger partial charge on any atom is 0.155 e. The molecule has 3 rings (SSSR count). The van der Waals surface area contributed by atoms with Gasteiger partial charge in [0, 0.05) is 12.5 Å². The molecule has 0 aliphatic carbocycles. The highest BCUT2D eigenvalue weighted by Gasteiger charge is 2.36. The van der Waals surface area contributed by atoms with Gasteiger partial charge in [0.05, 0.1) is 11.0 Å². The first kappa shape index (κ1) is 14.9. The monoisotopic (exact) mass is 309 g/mol. The second-order valence-electron chi connectivity index (χ2n) is 6.17. The summed E-state index contributed by atoms with van der Waals surface area (Å²) in [5.41, 5.74) is 2.25. The summed E-state index contributed by atoms with van der Waals surface area (Å²) in [5.74, 6) is 1.26. The third-order valence-electron chi connectivity index (χ3n) is 4.59. The van der Waals surface area contributed by atoms with Gasteiger partial charge in [-0.3, -0.25) is 0 Å². The number of hydrogen-bond donors (Lipinski definition) is 1. The zero-order valence-electron chi connectivity index (χ0n) is 12.6. The second-order valence-corrected chi connectivity index (χ2v) is 8.51. The van der Waals surface area contributed by atoms with Crippen molar-refractivity contribution in [3.63, 3.8) is 0 Å². The Morgan fingerprint density at radius 3 is 2.86 bits per heavy atom. The predicted molar refractivity (Wildman–Crippen MR) is 83.5 cm³/mol. The van der Waals surface area contributed by atoms with Crippen LogP contribution in [0.25, 0.3) is 0 Å². The SMILES string of the molecule is CNC(c1ccc2c(c1)CC(C)O2)C1CCCCS1(=O)=O. The fourth-order valence-electron chi connectivity index (χ4n) is 3.56. The molecule has 0 spiro atoms. The number of sulfone groups is 1. The average Bonchev–Trinajstić information content (AvgIpc) is 2.80. The van der Waals surface area contributed by atoms with E-state index in [9.17, 15) is 8.42 Å². The van der Waals surface area contributed by atoms with Gasteiger partial charge in [-0.2, -0.15) is 0 Å². The van der Waals surface area contributed by atoms with Crippen molar-refractivity contribution in [2.24, 2.45) is 0 Å². The molecular formula is C16H23NO3S. The van der Waals surface area contributed by atoms with Gasteiger partial charge in [-0.15, -0.1) is 0 Å². The molecule has 1 fully saturated rings. The summed E-state index contributed by atoms with van der Waals surface area (Å²) in [5, 5.41) is 2.92. The molecule has 1 saturated heterocycles. The summed E-state index contributed by atoms with van der Waals surface area (Å²) in [7, 11) is -1.15. The smallest absolute Gasteiger partial charge is 0.155 e. The van der Waals surface area contributed by atoms with Crippen molar-refractivity contribution in [1.29, 1.82) is 0 Å². The van der Waals surface area contributed by atoms with Crippen LogP contribution in [0.2, 0.25) is 0 Å². The lowest BCUT2D eigenvalue weighted by Crippen LogP contribution is -2.39. The summed E-state index contributed by atoms with van der Waals surface area (Å²) < 4.78 is 30.5. The van der Waals surface area contributed by atoms with Gasteiger partial charge >= 0.3 is 0 Å². The van der Waals surface area contributed by atoms with E-state index in [-0.39, 0.29) is 17.4 Å². The lowest BCUT2D eigenvalue weighted by atomic mass is 9.97. The molecule has 2 heterocycles. The van der Waals surface area contributed by atoms with Crippen molar-refractivity contribution >= 4 is 9.84 Å². The number of benzene rings is 1. The van der Waals surface area contributed by atoms with Crippen LogP contribution in [-0.4, -0.2) is 32.6 Å². The zero-order valence-corrected chi connectivity index (χ0v) is 13.4. The number of ether oxygens (including phenoxy) is 1. The fraction of sp³-hybridized carbons (Fsp3) is 0.625. The molecule has 0 saturated carbocycles. The van der Waals surface area contributed by atoms with Crippen LogP contribution in [-0.2, 0) is 16.3 Å². The Hall–Kier alpha value is -1.07. The van der Waals surface area contributed by atoms with Crippen molar-refractivity contribution in [3.8, 4) is 5.75 Å². The topological polar surface area (TPSA) is 55.4 Å². The Balaban J connectivity index is 1.92. The molecule has 5 heteroatoms. The van der Waals surface area contributed by atoms with E-state index in [0.29, 0.717) is 5.75 Å². The van der Waals surface area contributed by atoms with E-state index >= 15 is 0 Å². The van der Waals surface area contributed by atoms with Crippen LogP contribution >= 0.6 is 0 Å². The van der Waals surface area contributed by atoms with Crippen molar-refractivity contribution < 1.29 is 13.2 Å². The molecule has 0 radical (unpaired) electrons. The van der Waals surface area contributed by atoms with Crippen LogP contribution in [0.5, 0.6) is 5.75 Å². The Bertz CT molecular complexity index is 626. The maximum absolute atomic E-state index is 12.4. The van der Waals surface area contributed by atoms with Gasteiger partial charge < -0.3 is 10.1 Å². The molecule has 2 aliphatic rings. The van der Waals surface area contributed by atoms with Crippen LogP contribution in [0, 0.1) is 0 Å². The number of hydrogen-bond acceptors (Lipinski definition) is 4.